The fraction of sp³-hybridized carbons (Fsp3) is 0.333. The minimum absolute atomic E-state index is 0.345. The molecular weight excluding hydrogens is 372 g/mol. The molecule has 0 unspecified atom stereocenters. The predicted octanol–water partition coefficient (Wildman–Crippen LogP) is 2.81. The third kappa shape index (κ3) is 3.10. The van der Waals surface area contributed by atoms with Crippen molar-refractivity contribution in [2.24, 2.45) is 10.3 Å². The average Bonchev–Trinajstić information content (AvgIpc) is 3.24. The molecule has 4 rings (SSSR count). The maximum Gasteiger partial charge on any atom is 0.263 e. The summed E-state index contributed by atoms with van der Waals surface area (Å²) in [5, 5.41) is 9.82. The van der Waals surface area contributed by atoms with E-state index in [-0.39, 0.29) is 11.8 Å². The van der Waals surface area contributed by atoms with Crippen molar-refractivity contribution in [1.82, 2.24) is 5.01 Å². The molecule has 0 aromatic heterocycles. The Morgan fingerprint density at radius 1 is 0.966 bits per heavy atom. The van der Waals surface area contributed by atoms with Gasteiger partial charge >= 0.3 is 0 Å². The minimum atomic E-state index is -0.833. The fourth-order valence-corrected chi connectivity index (χ4v) is 3.72. The average molecular weight is 394 g/mol. The van der Waals surface area contributed by atoms with Crippen molar-refractivity contribution in [2.75, 3.05) is 19.1 Å². The number of methoxy groups -OCH3 is 2. The zero-order valence-electron chi connectivity index (χ0n) is 16.7. The van der Waals surface area contributed by atoms with Gasteiger partial charge in [-0.05, 0) is 37.1 Å². The van der Waals surface area contributed by atoms with Crippen LogP contribution < -0.4 is 14.4 Å². The van der Waals surface area contributed by atoms with E-state index in [2.05, 4.69) is 16.4 Å². The quantitative estimate of drug-likeness (QED) is 0.728. The summed E-state index contributed by atoms with van der Waals surface area (Å²) >= 11 is 0. The number of ether oxygens (including phenoxy) is 2. The fourth-order valence-electron chi connectivity index (χ4n) is 3.72. The van der Waals surface area contributed by atoms with Crippen molar-refractivity contribution in [2.45, 2.75) is 32.5 Å². The van der Waals surface area contributed by atoms with E-state index in [1.807, 2.05) is 26.0 Å². The molecule has 2 atom stereocenters. The van der Waals surface area contributed by atoms with Crippen LogP contribution in [0.25, 0.3) is 0 Å². The van der Waals surface area contributed by atoms with Crippen molar-refractivity contribution in [3.8, 4) is 11.5 Å². The Balaban J connectivity index is 1.63. The molecule has 29 heavy (non-hydrogen) atoms. The van der Waals surface area contributed by atoms with E-state index in [1.54, 1.807) is 23.2 Å². The molecule has 1 saturated heterocycles. The first-order valence-electron chi connectivity index (χ1n) is 9.28. The lowest BCUT2D eigenvalue weighted by Gasteiger charge is -2.22. The standard InChI is InChI=1S/C21H22N4O4/c1-12-5-6-13(2)14(9-12)11-24-19-18(22-23-24)20(26)25(21(19)27)15-7-8-16(28-3)17(10-15)29-4/h5-10,18-19H,11H2,1-4H3/t18-,19+/m0/s1. The Labute approximate surface area is 168 Å². The summed E-state index contributed by atoms with van der Waals surface area (Å²) in [4.78, 5) is 27.3. The lowest BCUT2D eigenvalue weighted by molar-refractivity contribution is -0.123. The molecule has 0 N–H and O–H groups in total. The Morgan fingerprint density at radius 3 is 2.45 bits per heavy atom. The second-order valence-corrected chi connectivity index (χ2v) is 7.17. The molecule has 2 aromatic rings. The first-order valence-corrected chi connectivity index (χ1v) is 9.28. The molecule has 1 fully saturated rings. The highest BCUT2D eigenvalue weighted by atomic mass is 16.5. The SMILES string of the molecule is COc1ccc(N2C(=O)[C@H]3N=NN(Cc4cc(C)ccc4C)[C@H]3C2=O)cc1OC. The lowest BCUT2D eigenvalue weighted by atomic mass is 10.0. The normalized spacial score (nSPS) is 20.4. The van der Waals surface area contributed by atoms with E-state index in [0.29, 0.717) is 23.7 Å². The van der Waals surface area contributed by atoms with Crippen LogP contribution in [0.4, 0.5) is 5.69 Å². The number of aryl methyl sites for hydroxylation is 2. The highest BCUT2D eigenvalue weighted by Gasteiger charge is 2.54. The van der Waals surface area contributed by atoms with Gasteiger partial charge < -0.3 is 9.47 Å². The Hall–Kier alpha value is -3.42. The van der Waals surface area contributed by atoms with E-state index >= 15 is 0 Å². The summed E-state index contributed by atoms with van der Waals surface area (Å²) in [6.45, 7) is 4.44. The Kier molecular flexibility index (Phi) is 4.70. The van der Waals surface area contributed by atoms with Crippen LogP contribution in [-0.4, -0.2) is 43.1 Å². The highest BCUT2D eigenvalue weighted by Crippen LogP contribution is 2.37. The molecule has 8 nitrogen and oxygen atoms in total. The van der Waals surface area contributed by atoms with Crippen LogP contribution in [0.15, 0.2) is 46.7 Å². The van der Waals surface area contributed by atoms with Crippen LogP contribution in [0.3, 0.4) is 0 Å². The van der Waals surface area contributed by atoms with Gasteiger partial charge in [0, 0.05) is 6.07 Å². The van der Waals surface area contributed by atoms with E-state index in [9.17, 15) is 9.59 Å². The second-order valence-electron chi connectivity index (χ2n) is 7.17. The molecule has 0 spiro atoms. The number of hydrogen-bond donors (Lipinski definition) is 0. The summed E-state index contributed by atoms with van der Waals surface area (Å²) in [7, 11) is 3.03. The van der Waals surface area contributed by atoms with Gasteiger partial charge in [0.15, 0.2) is 23.6 Å². The summed E-state index contributed by atoms with van der Waals surface area (Å²) in [5.41, 5.74) is 3.70. The second kappa shape index (κ2) is 7.20. The van der Waals surface area contributed by atoms with E-state index in [4.69, 9.17) is 9.47 Å². The third-order valence-corrected chi connectivity index (χ3v) is 5.32. The molecule has 2 amide bonds. The van der Waals surface area contributed by atoms with Crippen LogP contribution in [-0.2, 0) is 16.1 Å². The number of carbonyl (C=O) groups is 2. The number of hydrogen-bond acceptors (Lipinski definition) is 7. The van der Waals surface area contributed by atoms with Crippen LogP contribution in [0.5, 0.6) is 11.5 Å². The number of nitrogens with zero attached hydrogens (tertiary/aromatic N) is 4. The molecule has 150 valence electrons. The first kappa shape index (κ1) is 18.9. The molecular formula is C21H22N4O4. The molecule has 0 bridgehead atoms. The zero-order valence-corrected chi connectivity index (χ0v) is 16.7. The molecule has 2 aliphatic heterocycles. The lowest BCUT2D eigenvalue weighted by Crippen LogP contribution is -2.39. The number of imide groups is 1. The highest BCUT2D eigenvalue weighted by molar-refractivity contribution is 6.25. The number of anilines is 1. The predicted molar refractivity (Wildman–Crippen MR) is 106 cm³/mol. The molecule has 2 heterocycles. The van der Waals surface area contributed by atoms with Gasteiger partial charge in [-0.25, -0.2) is 4.90 Å². The molecule has 2 aromatic carbocycles. The van der Waals surface area contributed by atoms with Gasteiger partial charge in [-0.1, -0.05) is 29.0 Å². The summed E-state index contributed by atoms with van der Waals surface area (Å²) < 4.78 is 10.5. The zero-order chi connectivity index (χ0) is 20.7. The summed E-state index contributed by atoms with van der Waals surface area (Å²) in [6, 6.07) is 9.50. The van der Waals surface area contributed by atoms with Crippen LogP contribution in [0.1, 0.15) is 16.7 Å². The van der Waals surface area contributed by atoms with Gasteiger partial charge in [-0.2, -0.15) is 5.11 Å². The third-order valence-electron chi connectivity index (χ3n) is 5.32. The number of fused-ring (bicyclic) bond motifs is 1. The number of amides is 2. The van der Waals surface area contributed by atoms with Crippen LogP contribution in [0.2, 0.25) is 0 Å². The largest absolute Gasteiger partial charge is 0.493 e. The van der Waals surface area contributed by atoms with Crippen molar-refractivity contribution >= 4 is 17.5 Å². The van der Waals surface area contributed by atoms with Crippen molar-refractivity contribution < 1.29 is 19.1 Å². The number of carbonyl (C=O) groups excluding carboxylic acids is 2. The topological polar surface area (TPSA) is 83.8 Å². The van der Waals surface area contributed by atoms with Gasteiger partial charge in [0.1, 0.15) is 0 Å². The maximum absolute atomic E-state index is 13.2. The molecule has 0 saturated carbocycles. The Morgan fingerprint density at radius 2 is 1.72 bits per heavy atom. The molecule has 0 aliphatic carbocycles. The van der Waals surface area contributed by atoms with Gasteiger partial charge in [0.2, 0.25) is 0 Å². The molecule has 8 heteroatoms. The van der Waals surface area contributed by atoms with Crippen LogP contribution >= 0.6 is 0 Å². The minimum Gasteiger partial charge on any atom is -0.493 e. The monoisotopic (exact) mass is 394 g/mol. The summed E-state index contributed by atoms with van der Waals surface area (Å²) in [5.74, 6) is 0.227. The van der Waals surface area contributed by atoms with E-state index < -0.39 is 12.1 Å². The van der Waals surface area contributed by atoms with Crippen molar-refractivity contribution in [3.05, 3.63) is 53.1 Å². The van der Waals surface area contributed by atoms with E-state index in [0.717, 1.165) is 21.6 Å². The van der Waals surface area contributed by atoms with Crippen LogP contribution in [0, 0.1) is 13.8 Å². The van der Waals surface area contributed by atoms with Crippen molar-refractivity contribution in [3.63, 3.8) is 0 Å². The first-order chi connectivity index (χ1) is 13.9. The number of benzene rings is 2. The van der Waals surface area contributed by atoms with Gasteiger partial charge in [-0.3, -0.25) is 14.6 Å². The molecule has 2 aliphatic rings. The Bertz CT molecular complexity index is 1020. The van der Waals surface area contributed by atoms with Crippen molar-refractivity contribution in [1.29, 1.82) is 0 Å². The van der Waals surface area contributed by atoms with E-state index in [1.165, 1.54) is 14.2 Å². The maximum atomic E-state index is 13.2. The van der Waals surface area contributed by atoms with Gasteiger partial charge in [-0.15, -0.1) is 0 Å². The van der Waals surface area contributed by atoms with Gasteiger partial charge in [0.25, 0.3) is 11.8 Å². The molecule has 0 radical (unpaired) electrons. The van der Waals surface area contributed by atoms with Gasteiger partial charge in [0.05, 0.1) is 26.5 Å². The number of rotatable bonds is 5. The smallest absolute Gasteiger partial charge is 0.263 e. The summed E-state index contributed by atoms with van der Waals surface area (Å²) in [6.07, 6.45) is 0.